The largest absolute Gasteiger partial charge is 0.256 e. The molecule has 0 saturated carbocycles. The summed E-state index contributed by atoms with van der Waals surface area (Å²) in [4.78, 5) is 4.25. The third-order valence-electron chi connectivity index (χ3n) is 1.84. The van der Waals surface area contributed by atoms with Crippen molar-refractivity contribution in [1.29, 1.82) is 0 Å². The third kappa shape index (κ3) is 2.14. The Hall–Kier alpha value is -0.860. The molecule has 0 unspecified atom stereocenters. The average Bonchev–Trinajstić information content (AvgIpc) is 2.18. The van der Waals surface area contributed by atoms with Crippen molar-refractivity contribution in [3.8, 4) is 11.3 Å². The van der Waals surface area contributed by atoms with E-state index in [1.54, 1.807) is 12.3 Å². The highest BCUT2D eigenvalue weighted by Gasteiger charge is 1.99. The van der Waals surface area contributed by atoms with Gasteiger partial charge in [0.2, 0.25) is 0 Å². The molecule has 0 aliphatic carbocycles. The summed E-state index contributed by atoms with van der Waals surface area (Å²) in [7, 11) is 0. The van der Waals surface area contributed by atoms with Crippen LogP contribution in [0.15, 0.2) is 47.1 Å². The topological polar surface area (TPSA) is 12.9 Å². The fourth-order valence-electron chi connectivity index (χ4n) is 1.21. The van der Waals surface area contributed by atoms with Gasteiger partial charge in [0.05, 0.1) is 5.69 Å². The van der Waals surface area contributed by atoms with Crippen LogP contribution in [0.5, 0.6) is 0 Å². The predicted molar refractivity (Wildman–Crippen MR) is 62.4 cm³/mol. The number of pyridine rings is 1. The Morgan fingerprint density at radius 3 is 2.71 bits per heavy atom. The van der Waals surface area contributed by atoms with Crippen molar-refractivity contribution in [3.05, 3.63) is 52.1 Å². The Morgan fingerprint density at radius 1 is 1.14 bits per heavy atom. The van der Waals surface area contributed by atoms with Gasteiger partial charge < -0.3 is 0 Å². The van der Waals surface area contributed by atoms with E-state index in [9.17, 15) is 0 Å². The average molecular weight is 269 g/mol. The van der Waals surface area contributed by atoms with Crippen LogP contribution in [0.1, 0.15) is 0 Å². The number of halogens is 2. The van der Waals surface area contributed by atoms with Gasteiger partial charge in [0.25, 0.3) is 0 Å². The van der Waals surface area contributed by atoms with Gasteiger partial charge in [-0.1, -0.05) is 39.7 Å². The normalized spacial score (nSPS) is 10.1. The first-order valence-corrected chi connectivity index (χ1v) is 5.30. The van der Waals surface area contributed by atoms with Crippen LogP contribution in [0.4, 0.5) is 0 Å². The van der Waals surface area contributed by atoms with Crippen molar-refractivity contribution in [3.63, 3.8) is 0 Å². The van der Waals surface area contributed by atoms with Crippen LogP contribution < -0.4 is 0 Å². The van der Waals surface area contributed by atoms with Gasteiger partial charge >= 0.3 is 0 Å². The number of hydrogen-bond acceptors (Lipinski definition) is 1. The van der Waals surface area contributed by atoms with Crippen LogP contribution in [-0.4, -0.2) is 4.98 Å². The van der Waals surface area contributed by atoms with Crippen LogP contribution in [-0.2, 0) is 0 Å². The second-order valence-electron chi connectivity index (χ2n) is 2.87. The summed E-state index contributed by atoms with van der Waals surface area (Å²) in [6, 6.07) is 11.6. The van der Waals surface area contributed by atoms with Crippen molar-refractivity contribution in [2.45, 2.75) is 0 Å². The molecule has 3 heteroatoms. The zero-order valence-electron chi connectivity index (χ0n) is 7.24. The van der Waals surface area contributed by atoms with Crippen LogP contribution >= 0.6 is 27.5 Å². The highest BCUT2D eigenvalue weighted by molar-refractivity contribution is 9.10. The number of nitrogens with zero attached hydrogens (tertiary/aromatic N) is 1. The zero-order chi connectivity index (χ0) is 9.97. The summed E-state index contributed by atoms with van der Waals surface area (Å²) in [6.45, 7) is 0. The Bertz CT molecular complexity index is 413. The maximum absolute atomic E-state index is 5.88. The van der Waals surface area contributed by atoms with E-state index in [0.29, 0.717) is 5.02 Å². The van der Waals surface area contributed by atoms with Crippen molar-refractivity contribution in [2.24, 2.45) is 0 Å². The van der Waals surface area contributed by atoms with Gasteiger partial charge in [0, 0.05) is 21.3 Å². The second kappa shape index (κ2) is 4.11. The van der Waals surface area contributed by atoms with Crippen LogP contribution in [0.3, 0.4) is 0 Å². The van der Waals surface area contributed by atoms with Gasteiger partial charge in [-0.25, -0.2) is 0 Å². The lowest BCUT2D eigenvalue weighted by molar-refractivity contribution is 1.32. The van der Waals surface area contributed by atoms with Gasteiger partial charge in [0.15, 0.2) is 0 Å². The Labute approximate surface area is 95.9 Å². The molecule has 1 heterocycles. The molecule has 1 aromatic carbocycles. The lowest BCUT2D eigenvalue weighted by Gasteiger charge is -2.01. The summed E-state index contributed by atoms with van der Waals surface area (Å²) in [5, 5.41) is 0.704. The quantitative estimate of drug-likeness (QED) is 0.756. The highest BCUT2D eigenvalue weighted by Crippen LogP contribution is 2.22. The molecule has 0 fully saturated rings. The Kier molecular flexibility index (Phi) is 2.85. The summed E-state index contributed by atoms with van der Waals surface area (Å²) < 4.78 is 1.04. The lowest BCUT2D eigenvalue weighted by Crippen LogP contribution is -1.82. The lowest BCUT2D eigenvalue weighted by atomic mass is 10.1. The monoisotopic (exact) mass is 267 g/mol. The maximum Gasteiger partial charge on any atom is 0.0717 e. The second-order valence-corrected chi connectivity index (χ2v) is 4.22. The zero-order valence-corrected chi connectivity index (χ0v) is 9.59. The van der Waals surface area contributed by atoms with Crippen LogP contribution in [0, 0.1) is 0 Å². The standard InChI is InChI=1S/C11H7BrClN/c12-9-3-1-2-8(6-9)11-7-10(13)4-5-14-11/h1-7H. The molecule has 0 saturated heterocycles. The van der Waals surface area contributed by atoms with E-state index < -0.39 is 0 Å². The number of hydrogen-bond donors (Lipinski definition) is 0. The van der Waals surface area contributed by atoms with E-state index >= 15 is 0 Å². The minimum atomic E-state index is 0.704. The summed E-state index contributed by atoms with van der Waals surface area (Å²) in [6.07, 6.45) is 1.71. The van der Waals surface area contributed by atoms with E-state index in [-0.39, 0.29) is 0 Å². The van der Waals surface area contributed by atoms with Gasteiger partial charge in [0.1, 0.15) is 0 Å². The minimum Gasteiger partial charge on any atom is -0.256 e. The van der Waals surface area contributed by atoms with Gasteiger partial charge in [-0.15, -0.1) is 0 Å². The third-order valence-corrected chi connectivity index (χ3v) is 2.57. The highest BCUT2D eigenvalue weighted by atomic mass is 79.9. The fraction of sp³-hybridized carbons (Fsp3) is 0. The van der Waals surface area contributed by atoms with E-state index in [1.165, 1.54) is 0 Å². The van der Waals surface area contributed by atoms with E-state index in [0.717, 1.165) is 15.7 Å². The number of aromatic nitrogens is 1. The number of rotatable bonds is 1. The molecule has 0 aliphatic rings. The van der Waals surface area contributed by atoms with Crippen molar-refractivity contribution >= 4 is 27.5 Å². The molecular formula is C11H7BrClN. The molecule has 0 spiro atoms. The molecule has 0 bridgehead atoms. The minimum absolute atomic E-state index is 0.704. The van der Waals surface area contributed by atoms with Crippen molar-refractivity contribution < 1.29 is 0 Å². The molecule has 0 aliphatic heterocycles. The van der Waals surface area contributed by atoms with E-state index in [1.807, 2.05) is 30.3 Å². The fourth-order valence-corrected chi connectivity index (χ4v) is 1.77. The van der Waals surface area contributed by atoms with Gasteiger partial charge in [-0.2, -0.15) is 0 Å². The molecule has 70 valence electrons. The summed E-state index contributed by atoms with van der Waals surface area (Å²) >= 11 is 9.30. The molecular weight excluding hydrogens is 261 g/mol. The molecule has 0 amide bonds. The first-order chi connectivity index (χ1) is 6.75. The molecule has 0 atom stereocenters. The van der Waals surface area contributed by atoms with E-state index in [4.69, 9.17) is 11.6 Å². The SMILES string of the molecule is Clc1ccnc(-c2cccc(Br)c2)c1. The first-order valence-electron chi connectivity index (χ1n) is 4.13. The molecule has 2 aromatic rings. The number of benzene rings is 1. The molecule has 0 radical (unpaired) electrons. The summed E-state index contributed by atoms with van der Waals surface area (Å²) in [5.41, 5.74) is 1.95. The Balaban J connectivity index is 2.49. The van der Waals surface area contributed by atoms with Crippen molar-refractivity contribution in [1.82, 2.24) is 4.98 Å². The first kappa shape index (κ1) is 9.69. The molecule has 2 rings (SSSR count). The summed E-state index contributed by atoms with van der Waals surface area (Å²) in [5.74, 6) is 0. The smallest absolute Gasteiger partial charge is 0.0717 e. The van der Waals surface area contributed by atoms with Gasteiger partial charge in [-0.3, -0.25) is 4.98 Å². The molecule has 0 N–H and O–H groups in total. The molecule has 1 aromatic heterocycles. The van der Waals surface area contributed by atoms with Gasteiger partial charge in [-0.05, 0) is 24.3 Å². The molecule has 1 nitrogen and oxygen atoms in total. The maximum atomic E-state index is 5.88. The molecule has 14 heavy (non-hydrogen) atoms. The van der Waals surface area contributed by atoms with Crippen LogP contribution in [0.2, 0.25) is 5.02 Å². The van der Waals surface area contributed by atoms with E-state index in [2.05, 4.69) is 20.9 Å². The van der Waals surface area contributed by atoms with Crippen LogP contribution in [0.25, 0.3) is 11.3 Å². The Morgan fingerprint density at radius 2 is 2.00 bits per heavy atom. The predicted octanol–water partition coefficient (Wildman–Crippen LogP) is 4.16. The van der Waals surface area contributed by atoms with Crippen molar-refractivity contribution in [2.75, 3.05) is 0 Å².